The number of aliphatic hydroxyl groups excluding tert-OH is 1. The van der Waals surface area contributed by atoms with E-state index in [1.165, 1.54) is 0 Å². The predicted octanol–water partition coefficient (Wildman–Crippen LogP) is 1.43. The zero-order chi connectivity index (χ0) is 16.1. The molecule has 120 valence electrons. The third kappa shape index (κ3) is 3.67. The Morgan fingerprint density at radius 2 is 2.05 bits per heavy atom. The monoisotopic (exact) mass is 303 g/mol. The number of hydrogen-bond acceptors (Lipinski definition) is 3. The maximum Gasteiger partial charge on any atom is 0.237 e. The fourth-order valence-corrected chi connectivity index (χ4v) is 2.79. The van der Waals surface area contributed by atoms with Crippen molar-refractivity contribution in [2.45, 2.75) is 32.4 Å². The fourth-order valence-electron chi connectivity index (χ4n) is 2.79. The minimum Gasteiger partial charge on any atom is -0.394 e. The molecule has 0 radical (unpaired) electrons. The number of hydrogen-bond donors (Lipinski definition) is 4. The molecular formula is C17H25N3O2. The van der Waals surface area contributed by atoms with Crippen molar-refractivity contribution in [3.8, 4) is 0 Å². The summed E-state index contributed by atoms with van der Waals surface area (Å²) in [5.41, 5.74) is 2.16. The Morgan fingerprint density at radius 1 is 1.32 bits per heavy atom. The number of nitrogens with one attached hydrogen (secondary N) is 3. The standard InChI is InChI=1S/C17H25N3O2/c1-11(2)16(18-3)17(22)20-13(10-21)8-12-9-19-15-7-5-4-6-14(12)15/h4-7,9,11,13,16,18-19,21H,8,10H2,1-3H3,(H,20,22). The van der Waals surface area contributed by atoms with Gasteiger partial charge in [0.1, 0.15) is 0 Å². The number of benzene rings is 1. The van der Waals surface area contributed by atoms with E-state index in [1.54, 1.807) is 7.05 Å². The third-order valence-corrected chi connectivity index (χ3v) is 3.97. The summed E-state index contributed by atoms with van der Waals surface area (Å²) in [6, 6.07) is 7.48. The van der Waals surface area contributed by atoms with Crippen molar-refractivity contribution in [1.29, 1.82) is 0 Å². The van der Waals surface area contributed by atoms with Gasteiger partial charge in [0.15, 0.2) is 0 Å². The Kier molecular flexibility index (Phi) is 5.57. The highest BCUT2D eigenvalue weighted by atomic mass is 16.3. The molecule has 1 heterocycles. The Labute approximate surface area is 131 Å². The van der Waals surface area contributed by atoms with Crippen LogP contribution in [0.1, 0.15) is 19.4 Å². The lowest BCUT2D eigenvalue weighted by Gasteiger charge is -2.23. The third-order valence-electron chi connectivity index (χ3n) is 3.97. The molecule has 5 nitrogen and oxygen atoms in total. The van der Waals surface area contributed by atoms with E-state index < -0.39 is 0 Å². The van der Waals surface area contributed by atoms with Gasteiger partial charge in [0.2, 0.25) is 5.91 Å². The van der Waals surface area contributed by atoms with Crippen LogP contribution in [-0.2, 0) is 11.2 Å². The Bertz CT molecular complexity index is 621. The number of H-pyrrole nitrogens is 1. The van der Waals surface area contributed by atoms with E-state index in [9.17, 15) is 9.90 Å². The number of rotatable bonds is 7. The normalized spacial score (nSPS) is 14.2. The Morgan fingerprint density at radius 3 is 2.68 bits per heavy atom. The van der Waals surface area contributed by atoms with Gasteiger partial charge in [0.25, 0.3) is 0 Å². The SMILES string of the molecule is CNC(C(=O)NC(CO)Cc1c[nH]c2ccccc12)C(C)C. The van der Waals surface area contributed by atoms with Crippen LogP contribution in [0.2, 0.25) is 0 Å². The lowest BCUT2D eigenvalue weighted by molar-refractivity contribution is -0.125. The molecule has 0 fully saturated rings. The second-order valence-corrected chi connectivity index (χ2v) is 5.96. The van der Waals surface area contributed by atoms with Crippen molar-refractivity contribution in [2.24, 2.45) is 5.92 Å². The van der Waals surface area contributed by atoms with E-state index in [0.29, 0.717) is 6.42 Å². The van der Waals surface area contributed by atoms with Gasteiger partial charge in [-0.05, 0) is 31.0 Å². The second kappa shape index (κ2) is 7.42. The lowest BCUT2D eigenvalue weighted by atomic mass is 10.0. The molecule has 4 N–H and O–H groups in total. The summed E-state index contributed by atoms with van der Waals surface area (Å²) < 4.78 is 0. The summed E-state index contributed by atoms with van der Waals surface area (Å²) in [6.07, 6.45) is 2.54. The predicted molar refractivity (Wildman–Crippen MR) is 88.7 cm³/mol. The largest absolute Gasteiger partial charge is 0.394 e. The minimum absolute atomic E-state index is 0.0728. The van der Waals surface area contributed by atoms with E-state index >= 15 is 0 Å². The van der Waals surface area contributed by atoms with Crippen molar-refractivity contribution >= 4 is 16.8 Å². The zero-order valence-electron chi connectivity index (χ0n) is 13.4. The van der Waals surface area contributed by atoms with Crippen LogP contribution in [0.4, 0.5) is 0 Å². The molecule has 0 aliphatic heterocycles. The zero-order valence-corrected chi connectivity index (χ0v) is 13.4. The molecule has 1 aromatic carbocycles. The first-order chi connectivity index (χ1) is 10.6. The van der Waals surface area contributed by atoms with E-state index in [4.69, 9.17) is 0 Å². The van der Waals surface area contributed by atoms with Crippen LogP contribution < -0.4 is 10.6 Å². The number of carbonyl (C=O) groups excluding carboxylic acids is 1. The highest BCUT2D eigenvalue weighted by Gasteiger charge is 2.23. The number of carbonyl (C=O) groups is 1. The molecule has 1 aromatic heterocycles. The number of aromatic amines is 1. The van der Waals surface area contributed by atoms with E-state index in [-0.39, 0.29) is 30.5 Å². The van der Waals surface area contributed by atoms with Crippen molar-refractivity contribution in [1.82, 2.24) is 15.6 Å². The molecule has 2 unspecified atom stereocenters. The van der Waals surface area contributed by atoms with Crippen molar-refractivity contribution < 1.29 is 9.90 Å². The van der Waals surface area contributed by atoms with Crippen LogP contribution in [0.15, 0.2) is 30.5 Å². The number of amides is 1. The molecule has 0 bridgehead atoms. The first kappa shape index (κ1) is 16.5. The first-order valence-corrected chi connectivity index (χ1v) is 7.70. The molecule has 0 aliphatic rings. The molecule has 0 saturated heterocycles. The van der Waals surface area contributed by atoms with Crippen LogP contribution in [0, 0.1) is 5.92 Å². The van der Waals surface area contributed by atoms with Crippen molar-refractivity contribution in [2.75, 3.05) is 13.7 Å². The van der Waals surface area contributed by atoms with Gasteiger partial charge in [-0.25, -0.2) is 0 Å². The summed E-state index contributed by atoms with van der Waals surface area (Å²) in [7, 11) is 1.78. The summed E-state index contributed by atoms with van der Waals surface area (Å²) in [5.74, 6) is 0.119. The van der Waals surface area contributed by atoms with Crippen molar-refractivity contribution in [3.05, 3.63) is 36.0 Å². The highest BCUT2D eigenvalue weighted by Crippen LogP contribution is 2.19. The first-order valence-electron chi connectivity index (χ1n) is 7.70. The second-order valence-electron chi connectivity index (χ2n) is 5.96. The smallest absolute Gasteiger partial charge is 0.237 e. The van der Waals surface area contributed by atoms with Crippen LogP contribution in [0.25, 0.3) is 10.9 Å². The number of fused-ring (bicyclic) bond motifs is 1. The van der Waals surface area contributed by atoms with Gasteiger partial charge in [-0.2, -0.15) is 0 Å². The van der Waals surface area contributed by atoms with E-state index in [2.05, 4.69) is 15.6 Å². The van der Waals surface area contributed by atoms with Gasteiger partial charge >= 0.3 is 0 Å². The number of aliphatic hydroxyl groups is 1. The quantitative estimate of drug-likeness (QED) is 0.625. The fraction of sp³-hybridized carbons (Fsp3) is 0.471. The molecule has 0 spiro atoms. The molecule has 5 heteroatoms. The number of likely N-dealkylation sites (N-methyl/N-ethyl adjacent to an activating group) is 1. The number of aromatic nitrogens is 1. The summed E-state index contributed by atoms with van der Waals surface area (Å²) in [6.45, 7) is 3.91. The summed E-state index contributed by atoms with van der Waals surface area (Å²) in [5, 5.41) is 16.7. The molecule has 0 aliphatic carbocycles. The molecule has 22 heavy (non-hydrogen) atoms. The highest BCUT2D eigenvalue weighted by molar-refractivity contribution is 5.84. The average molecular weight is 303 g/mol. The lowest BCUT2D eigenvalue weighted by Crippen LogP contribution is -2.50. The maximum atomic E-state index is 12.3. The van der Waals surface area contributed by atoms with Crippen LogP contribution >= 0.6 is 0 Å². The van der Waals surface area contributed by atoms with Gasteiger partial charge in [-0.3, -0.25) is 4.79 Å². The molecule has 0 saturated carbocycles. The molecule has 1 amide bonds. The minimum atomic E-state index is -0.290. The van der Waals surface area contributed by atoms with Gasteiger partial charge in [0.05, 0.1) is 18.7 Å². The van der Waals surface area contributed by atoms with Crippen LogP contribution in [0.5, 0.6) is 0 Å². The van der Waals surface area contributed by atoms with Gasteiger partial charge in [-0.15, -0.1) is 0 Å². The van der Waals surface area contributed by atoms with Crippen molar-refractivity contribution in [3.63, 3.8) is 0 Å². The summed E-state index contributed by atoms with van der Waals surface area (Å²) >= 11 is 0. The Hall–Kier alpha value is -1.85. The van der Waals surface area contributed by atoms with E-state index in [0.717, 1.165) is 16.5 Å². The van der Waals surface area contributed by atoms with E-state index in [1.807, 2.05) is 44.3 Å². The molecule has 2 atom stereocenters. The topological polar surface area (TPSA) is 77.2 Å². The number of para-hydroxylation sites is 1. The summed E-state index contributed by atoms with van der Waals surface area (Å²) in [4.78, 5) is 15.5. The van der Waals surface area contributed by atoms with Crippen LogP contribution in [-0.4, -0.2) is 41.7 Å². The van der Waals surface area contributed by atoms with Gasteiger partial charge in [-0.1, -0.05) is 32.0 Å². The maximum absolute atomic E-state index is 12.3. The van der Waals surface area contributed by atoms with Gasteiger partial charge < -0.3 is 20.7 Å². The molecule has 2 rings (SSSR count). The van der Waals surface area contributed by atoms with Gasteiger partial charge in [0, 0.05) is 17.1 Å². The molecular weight excluding hydrogens is 278 g/mol. The van der Waals surface area contributed by atoms with Crippen LogP contribution in [0.3, 0.4) is 0 Å². The Balaban J connectivity index is 2.08. The average Bonchev–Trinajstić information content (AvgIpc) is 2.90. The molecule has 2 aromatic rings.